The number of ether oxygens (including phenoxy) is 2. The average Bonchev–Trinajstić information content (AvgIpc) is 2.78. The summed E-state index contributed by atoms with van der Waals surface area (Å²) in [5, 5.41) is 0. The van der Waals surface area contributed by atoms with Gasteiger partial charge >= 0.3 is 11.9 Å². The molecule has 2 aromatic carbocycles. The first-order valence-electron chi connectivity index (χ1n) is 10.8. The summed E-state index contributed by atoms with van der Waals surface area (Å²) in [6.07, 6.45) is 11.4. The number of esters is 2. The van der Waals surface area contributed by atoms with Gasteiger partial charge in [0, 0.05) is 4.90 Å². The van der Waals surface area contributed by atoms with Gasteiger partial charge in [0.1, 0.15) is 5.75 Å². The Morgan fingerprint density at radius 1 is 0.767 bits per heavy atom. The van der Waals surface area contributed by atoms with Gasteiger partial charge in [-0.25, -0.2) is 9.59 Å². The van der Waals surface area contributed by atoms with E-state index in [9.17, 15) is 9.59 Å². The van der Waals surface area contributed by atoms with Gasteiger partial charge < -0.3 is 9.47 Å². The highest BCUT2D eigenvalue weighted by Gasteiger charge is 2.19. The van der Waals surface area contributed by atoms with E-state index in [2.05, 4.69) is 6.92 Å². The molecule has 0 fully saturated rings. The Labute approximate surface area is 184 Å². The maximum absolute atomic E-state index is 12.6. The topological polar surface area (TPSA) is 52.6 Å². The smallest absolute Gasteiger partial charge is 0.344 e. The van der Waals surface area contributed by atoms with Crippen molar-refractivity contribution in [1.29, 1.82) is 0 Å². The van der Waals surface area contributed by atoms with Crippen molar-refractivity contribution in [3.8, 4) is 5.75 Å². The first-order chi connectivity index (χ1) is 14.7. The molecule has 0 saturated heterocycles. The summed E-state index contributed by atoms with van der Waals surface area (Å²) in [5.74, 6) is -0.602. The first kappa shape index (κ1) is 24.0. The zero-order valence-corrected chi connectivity index (χ0v) is 18.8. The number of hydrogen-bond acceptors (Lipinski definition) is 5. The Kier molecular flexibility index (Phi) is 11.1. The summed E-state index contributed by atoms with van der Waals surface area (Å²) in [5.41, 5.74) is 0.454. The van der Waals surface area contributed by atoms with E-state index in [1.54, 1.807) is 48.2 Å². The molecule has 0 heterocycles. The fourth-order valence-electron chi connectivity index (χ4n) is 3.12. The van der Waals surface area contributed by atoms with Crippen LogP contribution in [0.15, 0.2) is 53.4 Å². The number of thioether (sulfide) groups is 1. The van der Waals surface area contributed by atoms with Gasteiger partial charge in [-0.1, -0.05) is 64.0 Å². The maximum atomic E-state index is 12.6. The van der Waals surface area contributed by atoms with E-state index in [-0.39, 0.29) is 11.1 Å². The molecule has 0 aliphatic rings. The van der Waals surface area contributed by atoms with Crippen LogP contribution in [0.2, 0.25) is 0 Å². The monoisotopic (exact) mass is 428 g/mol. The highest BCUT2D eigenvalue weighted by Crippen LogP contribution is 2.21. The molecule has 0 atom stereocenters. The molecule has 0 N–H and O–H groups in total. The van der Waals surface area contributed by atoms with E-state index in [4.69, 9.17) is 9.47 Å². The van der Waals surface area contributed by atoms with Crippen molar-refractivity contribution in [1.82, 2.24) is 0 Å². The summed E-state index contributed by atoms with van der Waals surface area (Å²) in [6.45, 7) is 2.59. The molecule has 4 nitrogen and oxygen atoms in total. The predicted octanol–water partition coefficient (Wildman–Crippen LogP) is 6.93. The molecule has 0 spiro atoms. The van der Waals surface area contributed by atoms with Gasteiger partial charge in [0.2, 0.25) is 0 Å². The quantitative estimate of drug-likeness (QED) is 0.150. The first-order valence-corrected chi connectivity index (χ1v) is 12.0. The number of rotatable bonds is 13. The lowest BCUT2D eigenvalue weighted by Crippen LogP contribution is -2.16. The minimum Gasteiger partial charge on any atom is -0.462 e. The lowest BCUT2D eigenvalue weighted by atomic mass is 10.1. The van der Waals surface area contributed by atoms with Gasteiger partial charge in [0.05, 0.1) is 17.7 Å². The molecule has 162 valence electrons. The molecular weight excluding hydrogens is 396 g/mol. The highest BCUT2D eigenvalue weighted by molar-refractivity contribution is 7.98. The van der Waals surface area contributed by atoms with Crippen LogP contribution in [0.3, 0.4) is 0 Å². The Bertz CT molecular complexity index is 786. The van der Waals surface area contributed by atoms with Crippen LogP contribution in [-0.2, 0) is 4.74 Å². The van der Waals surface area contributed by atoms with Crippen LogP contribution >= 0.6 is 11.8 Å². The molecule has 0 radical (unpaired) electrons. The summed E-state index contributed by atoms with van der Waals surface area (Å²) in [6, 6.07) is 13.9. The van der Waals surface area contributed by atoms with Gasteiger partial charge in [-0.05, 0) is 49.1 Å². The molecule has 2 rings (SSSR count). The van der Waals surface area contributed by atoms with E-state index < -0.39 is 11.9 Å². The highest BCUT2D eigenvalue weighted by atomic mass is 32.2. The van der Waals surface area contributed by atoms with Crippen molar-refractivity contribution in [2.24, 2.45) is 0 Å². The average molecular weight is 429 g/mol. The van der Waals surface area contributed by atoms with E-state index in [0.29, 0.717) is 12.4 Å². The van der Waals surface area contributed by atoms with Crippen LogP contribution in [0.25, 0.3) is 0 Å². The number of unbranched alkanes of at least 4 members (excludes halogenated alkanes) is 7. The molecule has 0 amide bonds. The van der Waals surface area contributed by atoms with Crippen molar-refractivity contribution in [3.05, 3.63) is 59.7 Å². The minimum absolute atomic E-state index is 0.215. The molecule has 0 aliphatic carbocycles. The molecular formula is C25H32O4S. The summed E-state index contributed by atoms with van der Waals surface area (Å²) < 4.78 is 10.8. The second-order valence-electron chi connectivity index (χ2n) is 7.22. The summed E-state index contributed by atoms with van der Waals surface area (Å²) in [4.78, 5) is 26.1. The lowest BCUT2D eigenvalue weighted by Gasteiger charge is -2.10. The zero-order chi connectivity index (χ0) is 21.6. The van der Waals surface area contributed by atoms with E-state index in [1.165, 1.54) is 38.5 Å². The third kappa shape index (κ3) is 8.23. The van der Waals surface area contributed by atoms with E-state index in [0.717, 1.165) is 17.7 Å². The largest absolute Gasteiger partial charge is 0.462 e. The molecule has 0 aliphatic heterocycles. The maximum Gasteiger partial charge on any atom is 0.344 e. The molecule has 0 saturated carbocycles. The van der Waals surface area contributed by atoms with E-state index in [1.807, 2.05) is 18.4 Å². The Hall–Kier alpha value is -2.27. The second-order valence-corrected chi connectivity index (χ2v) is 8.10. The van der Waals surface area contributed by atoms with Crippen LogP contribution in [0, 0.1) is 0 Å². The van der Waals surface area contributed by atoms with Crippen molar-refractivity contribution in [3.63, 3.8) is 0 Å². The number of carbonyl (C=O) groups is 2. The molecule has 0 aromatic heterocycles. The van der Waals surface area contributed by atoms with Gasteiger partial charge in [0.25, 0.3) is 0 Å². The molecule has 30 heavy (non-hydrogen) atoms. The van der Waals surface area contributed by atoms with Gasteiger partial charge in [-0.2, -0.15) is 0 Å². The van der Waals surface area contributed by atoms with Crippen LogP contribution in [0.4, 0.5) is 0 Å². The Balaban J connectivity index is 1.81. The lowest BCUT2D eigenvalue weighted by molar-refractivity contribution is 0.0489. The number of hydrogen-bond donors (Lipinski definition) is 0. The SMILES string of the molecule is CCCCCCCCCCOC(=O)c1ccccc1C(=O)Oc1ccc(SC)cc1. The normalized spacial score (nSPS) is 10.6. The van der Waals surface area contributed by atoms with Gasteiger partial charge in [0.15, 0.2) is 0 Å². The summed E-state index contributed by atoms with van der Waals surface area (Å²) >= 11 is 1.61. The van der Waals surface area contributed by atoms with Gasteiger partial charge in [-0.3, -0.25) is 0 Å². The molecule has 5 heteroatoms. The molecule has 0 unspecified atom stereocenters. The van der Waals surface area contributed by atoms with Crippen LogP contribution in [0.1, 0.15) is 79.0 Å². The van der Waals surface area contributed by atoms with E-state index >= 15 is 0 Å². The van der Waals surface area contributed by atoms with Crippen LogP contribution in [0.5, 0.6) is 5.75 Å². The Morgan fingerprint density at radius 3 is 1.93 bits per heavy atom. The molecule has 2 aromatic rings. The number of carbonyl (C=O) groups excluding carboxylic acids is 2. The summed E-state index contributed by atoms with van der Waals surface area (Å²) in [7, 11) is 0. The van der Waals surface area contributed by atoms with Gasteiger partial charge in [-0.15, -0.1) is 11.8 Å². The Morgan fingerprint density at radius 2 is 1.33 bits per heavy atom. The predicted molar refractivity (Wildman–Crippen MR) is 123 cm³/mol. The molecule has 0 bridgehead atoms. The van der Waals surface area contributed by atoms with Crippen LogP contribution < -0.4 is 4.74 Å². The number of benzene rings is 2. The zero-order valence-electron chi connectivity index (χ0n) is 18.0. The van der Waals surface area contributed by atoms with Crippen molar-refractivity contribution in [2.75, 3.05) is 12.9 Å². The third-order valence-corrected chi connectivity index (χ3v) is 5.61. The van der Waals surface area contributed by atoms with Crippen molar-refractivity contribution >= 4 is 23.7 Å². The third-order valence-electron chi connectivity index (χ3n) is 4.87. The minimum atomic E-state index is -0.563. The van der Waals surface area contributed by atoms with Crippen molar-refractivity contribution in [2.45, 2.75) is 63.2 Å². The fraction of sp³-hybridized carbons (Fsp3) is 0.440. The van der Waals surface area contributed by atoms with Crippen LogP contribution in [-0.4, -0.2) is 24.8 Å². The standard InChI is InChI=1S/C25H32O4S/c1-3-4-5-6-7-8-9-12-19-28-24(26)22-13-10-11-14-23(22)25(27)29-20-15-17-21(30-2)18-16-20/h10-11,13-18H,3-9,12,19H2,1-2H3. The second kappa shape index (κ2) is 13.9. The fourth-order valence-corrected chi connectivity index (χ4v) is 3.53. The van der Waals surface area contributed by atoms with Crippen molar-refractivity contribution < 1.29 is 19.1 Å².